The van der Waals surface area contributed by atoms with E-state index in [0.29, 0.717) is 16.8 Å². The zero-order valence-electron chi connectivity index (χ0n) is 18.3. The molecule has 1 amide bonds. The van der Waals surface area contributed by atoms with E-state index in [2.05, 4.69) is 5.32 Å². The summed E-state index contributed by atoms with van der Waals surface area (Å²) in [5.41, 5.74) is -1.51. The molecule has 186 valence electrons. The summed E-state index contributed by atoms with van der Waals surface area (Å²) in [5, 5.41) is 2.40. The summed E-state index contributed by atoms with van der Waals surface area (Å²) in [5.74, 6) is 0.0539. The van der Waals surface area contributed by atoms with E-state index in [1.165, 1.54) is 24.3 Å². The number of alkyl halides is 3. The molecule has 35 heavy (non-hydrogen) atoms. The van der Waals surface area contributed by atoms with E-state index >= 15 is 0 Å². The fraction of sp³-hybridized carbons (Fsp3) is 0.208. The van der Waals surface area contributed by atoms with Crippen LogP contribution in [-0.2, 0) is 21.0 Å². The Balaban J connectivity index is 1.77. The number of benzene rings is 3. The van der Waals surface area contributed by atoms with E-state index < -0.39 is 39.9 Å². The number of hydrogen-bond acceptors (Lipinski definition) is 4. The van der Waals surface area contributed by atoms with Gasteiger partial charge in [-0.2, -0.15) is 13.2 Å². The predicted octanol–water partition coefficient (Wildman–Crippen LogP) is 5.85. The third kappa shape index (κ3) is 7.39. The van der Waals surface area contributed by atoms with Gasteiger partial charge < -0.3 is 5.32 Å². The van der Waals surface area contributed by atoms with Crippen molar-refractivity contribution < 1.29 is 26.4 Å². The maximum atomic E-state index is 13.3. The molecule has 0 unspecified atom stereocenters. The second-order valence-electron chi connectivity index (χ2n) is 7.35. The quantitative estimate of drug-likeness (QED) is 0.258. The van der Waals surface area contributed by atoms with Gasteiger partial charge in [0.1, 0.15) is 6.54 Å². The highest BCUT2D eigenvalue weighted by Crippen LogP contribution is 2.37. The fourth-order valence-corrected chi connectivity index (χ4v) is 5.69. The van der Waals surface area contributed by atoms with E-state index in [1.54, 1.807) is 17.8 Å². The molecular formula is C24H22ClF3N2O3S2. The van der Waals surface area contributed by atoms with Crippen molar-refractivity contribution in [1.29, 1.82) is 0 Å². The first-order valence-corrected chi connectivity index (χ1v) is 13.3. The lowest BCUT2D eigenvalue weighted by atomic mass is 10.2. The monoisotopic (exact) mass is 542 g/mol. The molecular weight excluding hydrogens is 521 g/mol. The number of thioether (sulfide) groups is 1. The molecule has 0 aromatic heterocycles. The van der Waals surface area contributed by atoms with Gasteiger partial charge in [0.2, 0.25) is 5.91 Å². The summed E-state index contributed by atoms with van der Waals surface area (Å²) in [6.07, 6.45) is -4.11. The van der Waals surface area contributed by atoms with Crippen molar-refractivity contribution in [3.63, 3.8) is 0 Å². The Morgan fingerprint density at radius 2 is 1.60 bits per heavy atom. The first-order chi connectivity index (χ1) is 16.6. The zero-order valence-corrected chi connectivity index (χ0v) is 20.7. The highest BCUT2D eigenvalue weighted by Gasteiger charge is 2.34. The Labute approximate surface area is 211 Å². The van der Waals surface area contributed by atoms with Crippen LogP contribution in [0.1, 0.15) is 12.0 Å². The average Bonchev–Trinajstić information content (AvgIpc) is 2.83. The van der Waals surface area contributed by atoms with Gasteiger partial charge in [0.05, 0.1) is 21.2 Å². The minimum atomic E-state index is -4.72. The fourth-order valence-electron chi connectivity index (χ4n) is 3.09. The van der Waals surface area contributed by atoms with Crippen LogP contribution in [0, 0.1) is 0 Å². The standard InChI is InChI=1S/C24H22ClF3N2O3S2/c25-21-13-12-18(24(26,27)28)16-22(21)30(35(32,33)20-10-5-2-6-11-20)17-23(31)29-14-7-15-34-19-8-3-1-4-9-19/h1-6,8-13,16H,7,14-15,17H2,(H,29,31). The minimum Gasteiger partial charge on any atom is -0.354 e. The van der Waals surface area contributed by atoms with E-state index in [4.69, 9.17) is 11.6 Å². The van der Waals surface area contributed by atoms with Crippen LogP contribution >= 0.6 is 23.4 Å². The van der Waals surface area contributed by atoms with Gasteiger partial charge in [0.15, 0.2) is 0 Å². The Kier molecular flexibility index (Phi) is 9.09. The van der Waals surface area contributed by atoms with Crippen LogP contribution in [-0.4, -0.2) is 33.2 Å². The Bertz CT molecular complexity index is 1240. The van der Waals surface area contributed by atoms with Crippen molar-refractivity contribution in [3.05, 3.63) is 89.4 Å². The highest BCUT2D eigenvalue weighted by atomic mass is 35.5. The molecule has 0 saturated heterocycles. The number of hydrogen-bond donors (Lipinski definition) is 1. The minimum absolute atomic E-state index is 0.180. The highest BCUT2D eigenvalue weighted by molar-refractivity contribution is 7.99. The number of anilines is 1. The number of carbonyl (C=O) groups excluding carboxylic acids is 1. The largest absolute Gasteiger partial charge is 0.416 e. The molecule has 0 bridgehead atoms. The van der Waals surface area contributed by atoms with Gasteiger partial charge in [0, 0.05) is 11.4 Å². The van der Waals surface area contributed by atoms with Crippen LogP contribution in [0.3, 0.4) is 0 Å². The Hall–Kier alpha value is -2.69. The van der Waals surface area contributed by atoms with E-state index in [0.717, 1.165) is 22.8 Å². The molecule has 0 aliphatic carbocycles. The lowest BCUT2D eigenvalue weighted by Gasteiger charge is -2.25. The first-order valence-electron chi connectivity index (χ1n) is 10.5. The molecule has 0 heterocycles. The van der Waals surface area contributed by atoms with Gasteiger partial charge in [-0.15, -0.1) is 11.8 Å². The van der Waals surface area contributed by atoms with Crippen molar-refractivity contribution in [3.8, 4) is 0 Å². The molecule has 0 aliphatic heterocycles. The number of carbonyl (C=O) groups is 1. The van der Waals surface area contributed by atoms with Crippen molar-refractivity contribution in [1.82, 2.24) is 5.32 Å². The number of amides is 1. The van der Waals surface area contributed by atoms with Gasteiger partial charge in [-0.1, -0.05) is 48.0 Å². The van der Waals surface area contributed by atoms with Crippen LogP contribution < -0.4 is 9.62 Å². The number of rotatable bonds is 10. The van der Waals surface area contributed by atoms with Crippen LogP contribution in [0.2, 0.25) is 5.02 Å². The second kappa shape index (κ2) is 11.8. The zero-order chi connectivity index (χ0) is 25.5. The number of halogens is 4. The maximum absolute atomic E-state index is 13.3. The molecule has 0 radical (unpaired) electrons. The summed E-state index contributed by atoms with van der Waals surface area (Å²) in [7, 11) is -4.39. The summed E-state index contributed by atoms with van der Waals surface area (Å²) in [6.45, 7) is -0.460. The Morgan fingerprint density at radius 3 is 2.23 bits per heavy atom. The molecule has 1 N–H and O–H groups in total. The molecule has 0 aliphatic rings. The molecule has 3 aromatic carbocycles. The van der Waals surface area contributed by atoms with Gasteiger partial charge >= 0.3 is 6.18 Å². The average molecular weight is 543 g/mol. The summed E-state index contributed by atoms with van der Waals surface area (Å²) >= 11 is 7.72. The summed E-state index contributed by atoms with van der Waals surface area (Å²) in [6, 6.07) is 19.2. The van der Waals surface area contributed by atoms with Gasteiger partial charge in [-0.3, -0.25) is 9.10 Å². The number of nitrogens with zero attached hydrogens (tertiary/aromatic N) is 1. The van der Waals surface area contributed by atoms with E-state index in [-0.39, 0.29) is 16.5 Å². The van der Waals surface area contributed by atoms with Crippen LogP contribution in [0.15, 0.2) is 88.7 Å². The second-order valence-corrected chi connectivity index (χ2v) is 10.8. The van der Waals surface area contributed by atoms with Crippen molar-refractivity contribution >= 4 is 45.0 Å². The predicted molar refractivity (Wildman–Crippen MR) is 132 cm³/mol. The van der Waals surface area contributed by atoms with Crippen LogP contribution in [0.5, 0.6) is 0 Å². The molecule has 0 fully saturated rings. The lowest BCUT2D eigenvalue weighted by molar-refractivity contribution is -0.137. The van der Waals surface area contributed by atoms with Crippen LogP contribution in [0.25, 0.3) is 0 Å². The van der Waals surface area contributed by atoms with Crippen molar-refractivity contribution in [2.24, 2.45) is 0 Å². The van der Waals surface area contributed by atoms with Crippen LogP contribution in [0.4, 0.5) is 18.9 Å². The number of nitrogens with one attached hydrogen (secondary N) is 1. The third-order valence-electron chi connectivity index (χ3n) is 4.82. The topological polar surface area (TPSA) is 66.5 Å². The van der Waals surface area contributed by atoms with Gasteiger partial charge in [-0.05, 0) is 54.6 Å². The maximum Gasteiger partial charge on any atom is 0.416 e. The molecule has 3 aromatic rings. The molecule has 3 rings (SSSR count). The van der Waals surface area contributed by atoms with E-state index in [9.17, 15) is 26.4 Å². The third-order valence-corrected chi connectivity index (χ3v) is 8.01. The normalized spacial score (nSPS) is 11.8. The lowest BCUT2D eigenvalue weighted by Crippen LogP contribution is -2.41. The van der Waals surface area contributed by atoms with Crippen molar-refractivity contribution in [2.45, 2.75) is 22.4 Å². The molecule has 5 nitrogen and oxygen atoms in total. The smallest absolute Gasteiger partial charge is 0.354 e. The molecule has 0 spiro atoms. The molecule has 0 atom stereocenters. The SMILES string of the molecule is O=C(CN(c1cc(C(F)(F)F)ccc1Cl)S(=O)(=O)c1ccccc1)NCCCSc1ccccc1. The summed E-state index contributed by atoms with van der Waals surface area (Å²) < 4.78 is 67.2. The number of sulfonamides is 1. The molecule has 11 heteroatoms. The first kappa shape index (κ1) is 26.9. The van der Waals surface area contributed by atoms with Gasteiger partial charge in [-0.25, -0.2) is 8.42 Å². The Morgan fingerprint density at radius 1 is 0.971 bits per heavy atom. The van der Waals surface area contributed by atoms with E-state index in [1.807, 2.05) is 30.3 Å². The summed E-state index contributed by atoms with van der Waals surface area (Å²) in [4.78, 5) is 13.5. The molecule has 0 saturated carbocycles. The van der Waals surface area contributed by atoms with Crippen molar-refractivity contribution in [2.75, 3.05) is 23.1 Å². The van der Waals surface area contributed by atoms with Gasteiger partial charge in [0.25, 0.3) is 10.0 Å².